The molecule has 1 aromatic heterocycles. The number of hydrogen-bond acceptors (Lipinski definition) is 5. The second-order valence-electron chi connectivity index (χ2n) is 4.77. The van der Waals surface area contributed by atoms with Crippen LogP contribution in [0.15, 0.2) is 22.7 Å². The number of benzene rings is 1. The zero-order valence-electron chi connectivity index (χ0n) is 10.8. The Labute approximate surface area is 121 Å². The van der Waals surface area contributed by atoms with E-state index >= 15 is 0 Å². The highest BCUT2D eigenvalue weighted by atomic mass is 35.5. The largest absolute Gasteiger partial charge is 0.392 e. The summed E-state index contributed by atoms with van der Waals surface area (Å²) in [4.78, 5) is 4.29. The van der Waals surface area contributed by atoms with Crippen molar-refractivity contribution in [3.63, 3.8) is 0 Å². The minimum absolute atomic E-state index is 0. The van der Waals surface area contributed by atoms with Crippen molar-refractivity contribution in [3.05, 3.63) is 35.5 Å². The van der Waals surface area contributed by atoms with E-state index < -0.39 is 0 Å². The van der Waals surface area contributed by atoms with Crippen LogP contribution in [-0.4, -0.2) is 27.9 Å². The molecule has 7 heteroatoms. The lowest BCUT2D eigenvalue weighted by atomic mass is 10.1. The van der Waals surface area contributed by atoms with Crippen molar-refractivity contribution in [1.82, 2.24) is 15.5 Å². The smallest absolute Gasteiger partial charge is 0.244 e. The maximum Gasteiger partial charge on any atom is 0.244 e. The molecule has 0 saturated carbocycles. The molecule has 1 fully saturated rings. The van der Waals surface area contributed by atoms with Crippen molar-refractivity contribution < 1.29 is 14.0 Å². The number of rotatable bonds is 2. The normalized spacial score (nSPS) is 21.8. The third-order valence-corrected chi connectivity index (χ3v) is 3.26. The van der Waals surface area contributed by atoms with Crippen molar-refractivity contribution in [2.45, 2.75) is 25.5 Å². The molecule has 0 unspecified atom stereocenters. The zero-order valence-corrected chi connectivity index (χ0v) is 11.7. The van der Waals surface area contributed by atoms with Crippen LogP contribution in [0, 0.1) is 12.7 Å². The van der Waals surface area contributed by atoms with E-state index in [2.05, 4.69) is 15.5 Å². The number of nitrogens with zero attached hydrogens (tertiary/aromatic N) is 2. The molecule has 1 aliphatic heterocycles. The molecule has 0 bridgehead atoms. The molecule has 2 atom stereocenters. The van der Waals surface area contributed by atoms with Gasteiger partial charge < -0.3 is 14.9 Å². The van der Waals surface area contributed by atoms with Gasteiger partial charge in [0.25, 0.3) is 0 Å². The lowest BCUT2D eigenvalue weighted by molar-refractivity contribution is 0.191. The number of aromatic nitrogens is 2. The van der Waals surface area contributed by atoms with Crippen LogP contribution in [-0.2, 0) is 0 Å². The second kappa shape index (κ2) is 5.87. The number of β-amino-alcohol motifs (C(OH)–C–C–N with tert-alkyl or cyclic N) is 1. The molecule has 1 aromatic carbocycles. The first kappa shape index (κ1) is 14.9. The summed E-state index contributed by atoms with van der Waals surface area (Å²) >= 11 is 0. The zero-order chi connectivity index (χ0) is 13.4. The molecule has 0 amide bonds. The molecule has 5 nitrogen and oxygen atoms in total. The number of nitrogens with one attached hydrogen (secondary N) is 1. The Morgan fingerprint density at radius 3 is 2.90 bits per heavy atom. The van der Waals surface area contributed by atoms with E-state index in [9.17, 15) is 9.50 Å². The van der Waals surface area contributed by atoms with Gasteiger partial charge in [0, 0.05) is 12.1 Å². The van der Waals surface area contributed by atoms with Crippen LogP contribution in [0.1, 0.15) is 23.9 Å². The van der Waals surface area contributed by atoms with E-state index in [1.165, 1.54) is 6.07 Å². The van der Waals surface area contributed by atoms with Crippen LogP contribution in [0.2, 0.25) is 0 Å². The predicted octanol–water partition coefficient (Wildman–Crippen LogP) is 2.00. The topological polar surface area (TPSA) is 71.2 Å². The van der Waals surface area contributed by atoms with Crippen molar-refractivity contribution in [2.24, 2.45) is 0 Å². The molecule has 2 N–H and O–H groups in total. The Morgan fingerprint density at radius 2 is 2.25 bits per heavy atom. The molecule has 2 heterocycles. The van der Waals surface area contributed by atoms with E-state index in [1.54, 1.807) is 19.1 Å². The Balaban J connectivity index is 0.00000147. The maximum absolute atomic E-state index is 13.2. The average Bonchev–Trinajstić information content (AvgIpc) is 3.01. The molecule has 3 rings (SSSR count). The van der Waals surface area contributed by atoms with Gasteiger partial charge in [-0.3, -0.25) is 0 Å². The molecule has 1 saturated heterocycles. The van der Waals surface area contributed by atoms with Crippen LogP contribution in [0.4, 0.5) is 4.39 Å². The number of aliphatic hydroxyl groups excluding tert-OH is 1. The average molecular weight is 300 g/mol. The van der Waals surface area contributed by atoms with E-state index in [0.29, 0.717) is 35.8 Å². The van der Waals surface area contributed by atoms with Crippen molar-refractivity contribution in [2.75, 3.05) is 6.54 Å². The standard InChI is InChI=1S/C13H14FN3O2.ClH/c1-7-4-8(2-3-10(7)14)12-16-13(19-17-12)11-5-9(18)6-15-11;/h2-4,9,11,15,18H,5-6H2,1H3;1H/t9-,11-;/m1./s1. The van der Waals surface area contributed by atoms with Gasteiger partial charge in [-0.1, -0.05) is 5.16 Å². The van der Waals surface area contributed by atoms with Gasteiger partial charge in [-0.25, -0.2) is 4.39 Å². The van der Waals surface area contributed by atoms with Gasteiger partial charge in [-0.15, -0.1) is 12.4 Å². The summed E-state index contributed by atoms with van der Waals surface area (Å²) in [6.45, 7) is 2.22. The van der Waals surface area contributed by atoms with Crippen LogP contribution < -0.4 is 5.32 Å². The molecule has 0 aliphatic carbocycles. The van der Waals surface area contributed by atoms with Gasteiger partial charge in [0.1, 0.15) is 5.82 Å². The molecule has 108 valence electrons. The number of aliphatic hydroxyl groups is 1. The summed E-state index contributed by atoms with van der Waals surface area (Å²) in [6, 6.07) is 4.57. The molecule has 0 spiro atoms. The van der Waals surface area contributed by atoms with E-state index in [4.69, 9.17) is 4.52 Å². The second-order valence-corrected chi connectivity index (χ2v) is 4.77. The van der Waals surface area contributed by atoms with E-state index in [-0.39, 0.29) is 30.4 Å². The minimum atomic E-state index is -0.381. The van der Waals surface area contributed by atoms with E-state index in [1.807, 2.05) is 0 Å². The maximum atomic E-state index is 13.2. The van der Waals surface area contributed by atoms with Gasteiger partial charge in [0.15, 0.2) is 0 Å². The highest BCUT2D eigenvalue weighted by Gasteiger charge is 2.28. The van der Waals surface area contributed by atoms with Crippen LogP contribution in [0.5, 0.6) is 0 Å². The summed E-state index contributed by atoms with van der Waals surface area (Å²) in [6.07, 6.45) is 0.179. The Morgan fingerprint density at radius 1 is 1.45 bits per heavy atom. The van der Waals surface area contributed by atoms with Gasteiger partial charge in [-0.2, -0.15) is 4.98 Å². The fraction of sp³-hybridized carbons (Fsp3) is 0.385. The van der Waals surface area contributed by atoms with Gasteiger partial charge in [0.2, 0.25) is 11.7 Å². The lowest BCUT2D eigenvalue weighted by Crippen LogP contribution is -2.15. The number of hydrogen-bond donors (Lipinski definition) is 2. The van der Waals surface area contributed by atoms with Crippen LogP contribution in [0.25, 0.3) is 11.4 Å². The summed E-state index contributed by atoms with van der Waals surface area (Å²) in [5.41, 5.74) is 1.26. The SMILES string of the molecule is Cc1cc(-c2noc([C@H]3C[C@@H](O)CN3)n2)ccc1F.Cl. The molecular formula is C13H15ClFN3O2. The van der Waals surface area contributed by atoms with Gasteiger partial charge >= 0.3 is 0 Å². The summed E-state index contributed by atoms with van der Waals surface area (Å²) in [7, 11) is 0. The summed E-state index contributed by atoms with van der Waals surface area (Å²) in [5, 5.41) is 16.5. The monoisotopic (exact) mass is 299 g/mol. The third kappa shape index (κ3) is 2.82. The number of aryl methyl sites for hydroxylation is 1. The quantitative estimate of drug-likeness (QED) is 0.887. The molecule has 20 heavy (non-hydrogen) atoms. The van der Waals surface area contributed by atoms with E-state index in [0.717, 1.165) is 0 Å². The number of halogens is 2. The van der Waals surface area contributed by atoms with Crippen molar-refractivity contribution in [3.8, 4) is 11.4 Å². The molecule has 2 aromatic rings. The first-order chi connectivity index (χ1) is 9.13. The van der Waals surface area contributed by atoms with Crippen LogP contribution in [0.3, 0.4) is 0 Å². The first-order valence-corrected chi connectivity index (χ1v) is 6.15. The fourth-order valence-corrected chi connectivity index (χ4v) is 2.18. The Kier molecular flexibility index (Phi) is 4.37. The minimum Gasteiger partial charge on any atom is -0.392 e. The molecular weight excluding hydrogens is 285 g/mol. The summed E-state index contributed by atoms with van der Waals surface area (Å²) in [5.74, 6) is 0.628. The fourth-order valence-electron chi connectivity index (χ4n) is 2.18. The Hall–Kier alpha value is -1.50. The van der Waals surface area contributed by atoms with Crippen molar-refractivity contribution in [1.29, 1.82) is 0 Å². The van der Waals surface area contributed by atoms with Crippen LogP contribution >= 0.6 is 12.4 Å². The lowest BCUT2D eigenvalue weighted by Gasteiger charge is -2.01. The van der Waals surface area contributed by atoms with Crippen molar-refractivity contribution >= 4 is 12.4 Å². The van der Waals surface area contributed by atoms with Gasteiger partial charge in [-0.05, 0) is 37.1 Å². The highest BCUT2D eigenvalue weighted by molar-refractivity contribution is 5.85. The first-order valence-electron chi connectivity index (χ1n) is 6.15. The predicted molar refractivity (Wildman–Crippen MR) is 73.0 cm³/mol. The molecule has 1 aliphatic rings. The summed E-state index contributed by atoms with van der Waals surface area (Å²) < 4.78 is 18.4. The third-order valence-electron chi connectivity index (χ3n) is 3.26. The Bertz CT molecular complexity index is 605. The van der Waals surface area contributed by atoms with Gasteiger partial charge in [0.05, 0.1) is 12.1 Å². The molecule has 0 radical (unpaired) electrons. The highest BCUT2D eigenvalue weighted by Crippen LogP contribution is 2.25.